The molecule has 1 N–H and O–H groups in total. The maximum absolute atomic E-state index is 13.6. The highest BCUT2D eigenvalue weighted by Gasteiger charge is 2.27. The predicted octanol–water partition coefficient (Wildman–Crippen LogP) is 5.72. The van der Waals surface area contributed by atoms with E-state index in [9.17, 15) is 13.2 Å². The van der Waals surface area contributed by atoms with Crippen LogP contribution in [0.15, 0.2) is 82.8 Å². The van der Waals surface area contributed by atoms with Crippen molar-refractivity contribution in [2.24, 2.45) is 5.10 Å². The Bertz CT molecular complexity index is 1680. The standard InChI is InChI=1S/C30H31ClN4O4S/c1-20-9-14-29(21(2)15-20)35-22(3)16-24(23(35)4)18-32-33-30(36)19-34(26-8-6-7-25(31)17-26)40(37,38)28-12-10-27(39-5)11-13-28/h6-18H,19H2,1-5H3,(H,33,36)/b32-18-. The number of halogens is 1. The Labute approximate surface area is 239 Å². The topological polar surface area (TPSA) is 93.0 Å². The Hall–Kier alpha value is -4.08. The highest BCUT2D eigenvalue weighted by molar-refractivity contribution is 7.92. The number of amides is 1. The molecule has 0 spiro atoms. The maximum atomic E-state index is 13.6. The number of carbonyl (C=O) groups is 1. The number of carbonyl (C=O) groups excluding carboxylic acids is 1. The van der Waals surface area contributed by atoms with Gasteiger partial charge in [-0.15, -0.1) is 0 Å². The predicted molar refractivity (Wildman–Crippen MR) is 159 cm³/mol. The van der Waals surface area contributed by atoms with Gasteiger partial charge >= 0.3 is 0 Å². The van der Waals surface area contributed by atoms with Gasteiger partial charge in [-0.05, 0) is 87.9 Å². The van der Waals surface area contributed by atoms with Crippen LogP contribution >= 0.6 is 11.6 Å². The molecule has 1 heterocycles. The summed E-state index contributed by atoms with van der Waals surface area (Å²) in [6, 6.07) is 20.5. The molecule has 0 atom stereocenters. The number of sulfonamides is 1. The first kappa shape index (κ1) is 28.9. The Kier molecular flexibility index (Phi) is 8.66. The van der Waals surface area contributed by atoms with Crippen LogP contribution in [0.2, 0.25) is 5.02 Å². The lowest BCUT2D eigenvalue weighted by molar-refractivity contribution is -0.119. The second kappa shape index (κ2) is 12.0. The van der Waals surface area contributed by atoms with E-state index in [1.807, 2.05) is 19.9 Å². The summed E-state index contributed by atoms with van der Waals surface area (Å²) in [6.45, 7) is 7.62. The molecule has 1 aromatic heterocycles. The minimum absolute atomic E-state index is 0.00316. The highest BCUT2D eigenvalue weighted by atomic mass is 35.5. The van der Waals surface area contributed by atoms with Crippen molar-refractivity contribution in [3.63, 3.8) is 0 Å². The van der Waals surface area contributed by atoms with Gasteiger partial charge in [-0.25, -0.2) is 13.8 Å². The van der Waals surface area contributed by atoms with E-state index >= 15 is 0 Å². The average molecular weight is 579 g/mol. The normalized spacial score (nSPS) is 11.6. The number of ether oxygens (including phenoxy) is 1. The van der Waals surface area contributed by atoms with Crippen molar-refractivity contribution < 1.29 is 17.9 Å². The summed E-state index contributed by atoms with van der Waals surface area (Å²) in [6.07, 6.45) is 1.56. The van der Waals surface area contributed by atoms with E-state index in [4.69, 9.17) is 16.3 Å². The SMILES string of the molecule is COc1ccc(S(=O)(=O)N(CC(=O)N/N=C\c2cc(C)n(-c3ccc(C)cc3C)c2C)c2cccc(Cl)c2)cc1. The second-order valence-electron chi connectivity index (χ2n) is 9.41. The average Bonchev–Trinajstić information content (AvgIpc) is 3.19. The molecule has 0 aliphatic rings. The number of methoxy groups -OCH3 is 1. The third-order valence-electron chi connectivity index (χ3n) is 6.49. The molecule has 1 amide bonds. The molecule has 0 aliphatic carbocycles. The number of aryl methyl sites for hydroxylation is 3. The van der Waals surface area contributed by atoms with Gasteiger partial charge in [-0.1, -0.05) is 35.4 Å². The summed E-state index contributed by atoms with van der Waals surface area (Å²) in [7, 11) is -2.62. The summed E-state index contributed by atoms with van der Waals surface area (Å²) < 4.78 is 35.4. The first-order valence-electron chi connectivity index (χ1n) is 12.5. The van der Waals surface area contributed by atoms with E-state index in [1.165, 1.54) is 30.9 Å². The number of benzene rings is 3. The summed E-state index contributed by atoms with van der Waals surface area (Å²) in [5.74, 6) is -0.103. The zero-order valence-corrected chi connectivity index (χ0v) is 24.5. The van der Waals surface area contributed by atoms with Crippen LogP contribution in [0.5, 0.6) is 5.75 Å². The lowest BCUT2D eigenvalue weighted by Gasteiger charge is -2.24. The molecule has 4 rings (SSSR count). The number of hydrogen-bond donors (Lipinski definition) is 1. The van der Waals surface area contributed by atoms with Crippen molar-refractivity contribution >= 4 is 39.4 Å². The first-order chi connectivity index (χ1) is 19.0. The monoisotopic (exact) mass is 578 g/mol. The molecule has 0 saturated carbocycles. The van der Waals surface area contributed by atoms with Crippen LogP contribution in [0.4, 0.5) is 5.69 Å². The molecule has 0 aliphatic heterocycles. The lowest BCUT2D eigenvalue weighted by atomic mass is 10.1. The molecule has 4 aromatic rings. The maximum Gasteiger partial charge on any atom is 0.264 e. The zero-order valence-electron chi connectivity index (χ0n) is 23.0. The van der Waals surface area contributed by atoms with Crippen molar-refractivity contribution in [1.29, 1.82) is 0 Å². The van der Waals surface area contributed by atoms with Gasteiger partial charge in [-0.2, -0.15) is 5.10 Å². The number of rotatable bonds is 9. The third-order valence-corrected chi connectivity index (χ3v) is 8.51. The van der Waals surface area contributed by atoms with Crippen LogP contribution in [0.3, 0.4) is 0 Å². The van der Waals surface area contributed by atoms with Gasteiger partial charge in [-0.3, -0.25) is 9.10 Å². The molecule has 3 aromatic carbocycles. The number of anilines is 1. The van der Waals surface area contributed by atoms with Crippen molar-refractivity contribution in [3.8, 4) is 11.4 Å². The molecule has 40 heavy (non-hydrogen) atoms. The zero-order chi connectivity index (χ0) is 29.0. The molecule has 0 saturated heterocycles. The first-order valence-corrected chi connectivity index (χ1v) is 14.3. The smallest absolute Gasteiger partial charge is 0.264 e. The molecular weight excluding hydrogens is 548 g/mol. The number of hydrogen-bond acceptors (Lipinski definition) is 5. The second-order valence-corrected chi connectivity index (χ2v) is 11.7. The molecule has 0 radical (unpaired) electrons. The van der Waals surface area contributed by atoms with Crippen LogP contribution < -0.4 is 14.5 Å². The van der Waals surface area contributed by atoms with Crippen LogP contribution in [0.25, 0.3) is 5.69 Å². The van der Waals surface area contributed by atoms with Gasteiger partial charge in [0.1, 0.15) is 12.3 Å². The minimum Gasteiger partial charge on any atom is -0.497 e. The van der Waals surface area contributed by atoms with Gasteiger partial charge in [0, 0.05) is 27.7 Å². The van der Waals surface area contributed by atoms with E-state index in [2.05, 4.69) is 47.1 Å². The molecule has 0 bridgehead atoms. The minimum atomic E-state index is -4.11. The number of hydrazone groups is 1. The Balaban J connectivity index is 1.56. The van der Waals surface area contributed by atoms with E-state index < -0.39 is 22.5 Å². The number of nitrogens with zero attached hydrogens (tertiary/aromatic N) is 3. The van der Waals surface area contributed by atoms with Gasteiger partial charge in [0.2, 0.25) is 0 Å². The summed E-state index contributed by atoms with van der Waals surface area (Å²) in [5.41, 5.74) is 8.94. The molecule has 10 heteroatoms. The van der Waals surface area contributed by atoms with E-state index in [0.29, 0.717) is 10.8 Å². The van der Waals surface area contributed by atoms with Crippen molar-refractivity contribution in [3.05, 3.63) is 106 Å². The highest BCUT2D eigenvalue weighted by Crippen LogP contribution is 2.27. The van der Waals surface area contributed by atoms with Crippen molar-refractivity contribution in [2.45, 2.75) is 32.6 Å². The lowest BCUT2D eigenvalue weighted by Crippen LogP contribution is -2.39. The molecule has 8 nitrogen and oxygen atoms in total. The fourth-order valence-electron chi connectivity index (χ4n) is 4.51. The summed E-state index contributed by atoms with van der Waals surface area (Å²) in [4.78, 5) is 12.9. The largest absolute Gasteiger partial charge is 0.497 e. The van der Waals surface area contributed by atoms with Crippen molar-refractivity contribution in [2.75, 3.05) is 18.0 Å². The van der Waals surface area contributed by atoms with Gasteiger partial charge in [0.05, 0.1) is 23.9 Å². The molecule has 208 valence electrons. The number of nitrogens with one attached hydrogen (secondary N) is 1. The Morgan fingerprint density at radius 3 is 2.40 bits per heavy atom. The van der Waals surface area contributed by atoms with Gasteiger partial charge in [0.25, 0.3) is 15.9 Å². The Morgan fingerprint density at radius 1 is 1.02 bits per heavy atom. The van der Waals surface area contributed by atoms with Gasteiger partial charge in [0.15, 0.2) is 0 Å². The van der Waals surface area contributed by atoms with E-state index in [1.54, 1.807) is 36.5 Å². The van der Waals surface area contributed by atoms with Crippen LogP contribution in [-0.4, -0.2) is 38.8 Å². The fourth-order valence-corrected chi connectivity index (χ4v) is 6.10. The van der Waals surface area contributed by atoms with E-state index in [-0.39, 0.29) is 10.6 Å². The third kappa shape index (κ3) is 6.21. The molecule has 0 unspecified atom stereocenters. The summed E-state index contributed by atoms with van der Waals surface area (Å²) in [5, 5.41) is 4.46. The molecular formula is C30H31ClN4O4S. The van der Waals surface area contributed by atoms with Gasteiger partial charge < -0.3 is 9.30 Å². The van der Waals surface area contributed by atoms with E-state index in [0.717, 1.165) is 32.5 Å². The van der Waals surface area contributed by atoms with Crippen molar-refractivity contribution in [1.82, 2.24) is 9.99 Å². The van der Waals surface area contributed by atoms with Crippen LogP contribution in [0.1, 0.15) is 28.1 Å². The number of aromatic nitrogens is 1. The summed E-state index contributed by atoms with van der Waals surface area (Å²) >= 11 is 6.14. The Morgan fingerprint density at radius 2 is 1.75 bits per heavy atom. The van der Waals surface area contributed by atoms with Crippen LogP contribution in [-0.2, 0) is 14.8 Å². The molecule has 0 fully saturated rings. The fraction of sp³-hybridized carbons (Fsp3) is 0.200. The quantitative estimate of drug-likeness (QED) is 0.203. The van der Waals surface area contributed by atoms with Crippen LogP contribution in [0, 0.1) is 27.7 Å².